The van der Waals surface area contributed by atoms with Crippen molar-refractivity contribution in [3.63, 3.8) is 0 Å². The van der Waals surface area contributed by atoms with Gasteiger partial charge in [-0.05, 0) is 48.4 Å². The summed E-state index contributed by atoms with van der Waals surface area (Å²) in [6.45, 7) is 2.16. The van der Waals surface area contributed by atoms with E-state index in [0.717, 1.165) is 12.0 Å². The third-order valence-electron chi connectivity index (χ3n) is 3.68. The van der Waals surface area contributed by atoms with Crippen LogP contribution in [0.1, 0.15) is 18.2 Å². The third kappa shape index (κ3) is 4.17. The standard InChI is InChI=1S/C19H18N2O4/c1-2-13-5-7-14(8-6-13)21-19(23)18(22)20-12-15-9-10-17(25-15)16-4-3-11-24-16/h3-11H,2,12H2,1H3,(H,20,22)(H,21,23). The monoisotopic (exact) mass is 338 g/mol. The van der Waals surface area contributed by atoms with Gasteiger partial charge in [0.25, 0.3) is 0 Å². The van der Waals surface area contributed by atoms with Crippen molar-refractivity contribution >= 4 is 17.5 Å². The highest BCUT2D eigenvalue weighted by molar-refractivity contribution is 6.39. The van der Waals surface area contributed by atoms with Crippen molar-refractivity contribution in [1.82, 2.24) is 5.32 Å². The first-order chi connectivity index (χ1) is 12.2. The molecule has 0 fully saturated rings. The zero-order chi connectivity index (χ0) is 17.6. The second-order valence-electron chi connectivity index (χ2n) is 5.43. The molecular formula is C19H18N2O4. The summed E-state index contributed by atoms with van der Waals surface area (Å²) in [5, 5.41) is 5.09. The SMILES string of the molecule is CCc1ccc(NC(=O)C(=O)NCc2ccc(-c3ccco3)o2)cc1. The Hall–Kier alpha value is -3.28. The van der Waals surface area contributed by atoms with Crippen LogP contribution in [-0.4, -0.2) is 11.8 Å². The van der Waals surface area contributed by atoms with Gasteiger partial charge < -0.3 is 19.5 Å². The molecule has 0 saturated carbocycles. The molecule has 0 saturated heterocycles. The molecule has 0 radical (unpaired) electrons. The Bertz CT molecular complexity index is 848. The van der Waals surface area contributed by atoms with Crippen molar-refractivity contribution in [2.45, 2.75) is 19.9 Å². The van der Waals surface area contributed by atoms with Gasteiger partial charge in [0.2, 0.25) is 0 Å². The number of amides is 2. The Balaban J connectivity index is 1.52. The number of anilines is 1. The van der Waals surface area contributed by atoms with Crippen molar-refractivity contribution in [2.24, 2.45) is 0 Å². The smallest absolute Gasteiger partial charge is 0.313 e. The number of nitrogens with one attached hydrogen (secondary N) is 2. The summed E-state index contributed by atoms with van der Waals surface area (Å²) in [5.74, 6) is 0.248. The second-order valence-corrected chi connectivity index (χ2v) is 5.43. The maximum atomic E-state index is 11.9. The Morgan fingerprint density at radius 2 is 1.76 bits per heavy atom. The summed E-state index contributed by atoms with van der Waals surface area (Å²) in [6, 6.07) is 14.4. The Morgan fingerprint density at radius 3 is 2.44 bits per heavy atom. The van der Waals surface area contributed by atoms with Gasteiger partial charge in [0.15, 0.2) is 11.5 Å². The van der Waals surface area contributed by atoms with Crippen molar-refractivity contribution < 1.29 is 18.4 Å². The van der Waals surface area contributed by atoms with E-state index < -0.39 is 11.8 Å². The maximum Gasteiger partial charge on any atom is 0.313 e. The molecule has 0 aliphatic heterocycles. The summed E-state index contributed by atoms with van der Waals surface area (Å²) in [5.41, 5.74) is 1.74. The molecule has 1 aromatic carbocycles. The number of rotatable bonds is 5. The van der Waals surface area contributed by atoms with E-state index in [4.69, 9.17) is 8.83 Å². The Kier molecular flexibility index (Phi) is 4.99. The lowest BCUT2D eigenvalue weighted by atomic mass is 10.1. The molecule has 2 amide bonds. The fourth-order valence-electron chi connectivity index (χ4n) is 2.28. The molecule has 0 bridgehead atoms. The molecule has 3 aromatic rings. The lowest BCUT2D eigenvalue weighted by molar-refractivity contribution is -0.136. The zero-order valence-corrected chi connectivity index (χ0v) is 13.7. The molecule has 0 spiro atoms. The van der Waals surface area contributed by atoms with Gasteiger partial charge in [-0.3, -0.25) is 9.59 Å². The highest BCUT2D eigenvalue weighted by atomic mass is 16.4. The molecule has 6 nitrogen and oxygen atoms in total. The van der Waals surface area contributed by atoms with Gasteiger partial charge in [-0.1, -0.05) is 19.1 Å². The van der Waals surface area contributed by atoms with Crippen LogP contribution in [0.2, 0.25) is 0 Å². The number of hydrogen-bond donors (Lipinski definition) is 2. The van der Waals surface area contributed by atoms with E-state index in [2.05, 4.69) is 10.6 Å². The fourth-order valence-corrected chi connectivity index (χ4v) is 2.28. The molecule has 0 aliphatic rings. The van der Waals surface area contributed by atoms with Crippen molar-refractivity contribution in [2.75, 3.05) is 5.32 Å². The van der Waals surface area contributed by atoms with Crippen LogP contribution in [-0.2, 0) is 22.6 Å². The molecule has 0 atom stereocenters. The van der Waals surface area contributed by atoms with E-state index in [1.165, 1.54) is 0 Å². The van der Waals surface area contributed by atoms with Gasteiger partial charge in [0, 0.05) is 5.69 Å². The first-order valence-corrected chi connectivity index (χ1v) is 7.96. The molecule has 2 N–H and O–H groups in total. The number of carbonyl (C=O) groups is 2. The van der Waals surface area contributed by atoms with Gasteiger partial charge in [-0.15, -0.1) is 0 Å². The third-order valence-corrected chi connectivity index (χ3v) is 3.68. The first kappa shape index (κ1) is 16.6. The number of aryl methyl sites for hydroxylation is 1. The van der Waals surface area contributed by atoms with Gasteiger partial charge in [0.1, 0.15) is 5.76 Å². The molecule has 128 valence electrons. The fraction of sp³-hybridized carbons (Fsp3) is 0.158. The van der Waals surface area contributed by atoms with E-state index in [0.29, 0.717) is 23.0 Å². The van der Waals surface area contributed by atoms with Crippen LogP contribution in [0.5, 0.6) is 0 Å². The van der Waals surface area contributed by atoms with Gasteiger partial charge in [0.05, 0.1) is 12.8 Å². The normalized spacial score (nSPS) is 10.4. The number of carbonyl (C=O) groups excluding carboxylic acids is 2. The number of furan rings is 2. The molecule has 2 heterocycles. The quantitative estimate of drug-likeness (QED) is 0.699. The molecule has 3 rings (SSSR count). The molecule has 2 aromatic heterocycles. The highest BCUT2D eigenvalue weighted by Crippen LogP contribution is 2.22. The van der Waals surface area contributed by atoms with Crippen molar-refractivity contribution in [3.8, 4) is 11.5 Å². The Labute approximate surface area is 144 Å². The largest absolute Gasteiger partial charge is 0.461 e. The zero-order valence-electron chi connectivity index (χ0n) is 13.7. The van der Waals surface area contributed by atoms with Crippen LogP contribution in [0.3, 0.4) is 0 Å². The second kappa shape index (κ2) is 7.53. The van der Waals surface area contributed by atoms with E-state index in [1.54, 1.807) is 42.7 Å². The molecule has 25 heavy (non-hydrogen) atoms. The van der Waals surface area contributed by atoms with E-state index in [9.17, 15) is 9.59 Å². The van der Waals surface area contributed by atoms with Gasteiger partial charge in [-0.25, -0.2) is 0 Å². The van der Waals surface area contributed by atoms with Crippen molar-refractivity contribution in [1.29, 1.82) is 0 Å². The maximum absolute atomic E-state index is 11.9. The summed E-state index contributed by atoms with van der Waals surface area (Å²) in [4.78, 5) is 23.8. The van der Waals surface area contributed by atoms with Crippen LogP contribution in [0.4, 0.5) is 5.69 Å². The van der Waals surface area contributed by atoms with Crippen LogP contribution in [0, 0.1) is 0 Å². The number of benzene rings is 1. The Morgan fingerprint density at radius 1 is 0.960 bits per heavy atom. The van der Waals surface area contributed by atoms with Crippen LogP contribution >= 0.6 is 0 Å². The minimum Gasteiger partial charge on any atom is -0.461 e. The minimum atomic E-state index is -0.726. The highest BCUT2D eigenvalue weighted by Gasteiger charge is 2.14. The predicted molar refractivity (Wildman–Crippen MR) is 92.7 cm³/mol. The van der Waals surface area contributed by atoms with E-state index in [-0.39, 0.29) is 6.54 Å². The average Bonchev–Trinajstić information content (AvgIpc) is 3.31. The summed E-state index contributed by atoms with van der Waals surface area (Å²) < 4.78 is 10.8. The number of hydrogen-bond acceptors (Lipinski definition) is 4. The molecule has 6 heteroatoms. The van der Waals surface area contributed by atoms with E-state index >= 15 is 0 Å². The lowest BCUT2D eigenvalue weighted by Crippen LogP contribution is -2.34. The van der Waals surface area contributed by atoms with Crippen LogP contribution in [0.15, 0.2) is 63.6 Å². The first-order valence-electron chi connectivity index (χ1n) is 7.96. The van der Waals surface area contributed by atoms with Crippen LogP contribution in [0.25, 0.3) is 11.5 Å². The van der Waals surface area contributed by atoms with E-state index in [1.807, 2.05) is 19.1 Å². The minimum absolute atomic E-state index is 0.113. The summed E-state index contributed by atoms with van der Waals surface area (Å²) in [6.07, 6.45) is 2.47. The van der Waals surface area contributed by atoms with Gasteiger partial charge in [-0.2, -0.15) is 0 Å². The van der Waals surface area contributed by atoms with Crippen LogP contribution < -0.4 is 10.6 Å². The molecule has 0 aliphatic carbocycles. The predicted octanol–water partition coefficient (Wildman–Crippen LogP) is 3.36. The average molecular weight is 338 g/mol. The van der Waals surface area contributed by atoms with Crippen molar-refractivity contribution in [3.05, 3.63) is 66.1 Å². The topological polar surface area (TPSA) is 84.5 Å². The molecular weight excluding hydrogens is 320 g/mol. The summed E-state index contributed by atoms with van der Waals surface area (Å²) >= 11 is 0. The van der Waals surface area contributed by atoms with Gasteiger partial charge >= 0.3 is 11.8 Å². The summed E-state index contributed by atoms with van der Waals surface area (Å²) in [7, 11) is 0. The molecule has 0 unspecified atom stereocenters. The lowest BCUT2D eigenvalue weighted by Gasteiger charge is -2.06.